The molecule has 1 aliphatic heterocycles. The molecule has 0 radical (unpaired) electrons. The van der Waals surface area contributed by atoms with E-state index in [9.17, 15) is 4.79 Å². The van der Waals surface area contributed by atoms with E-state index in [0.29, 0.717) is 24.8 Å². The summed E-state index contributed by atoms with van der Waals surface area (Å²) in [4.78, 5) is 14.8. The summed E-state index contributed by atoms with van der Waals surface area (Å²) < 4.78 is 5.91. The number of piperidine rings is 1. The summed E-state index contributed by atoms with van der Waals surface area (Å²) in [5.41, 5.74) is 2.69. The van der Waals surface area contributed by atoms with Gasteiger partial charge in [-0.2, -0.15) is 0 Å². The molecular formula is C24H32N2O2. The largest absolute Gasteiger partial charge is 0.466 e. The Labute approximate surface area is 168 Å². The summed E-state index contributed by atoms with van der Waals surface area (Å²) in [6, 6.07) is 13.2. The Morgan fingerprint density at radius 1 is 1.21 bits per heavy atom. The van der Waals surface area contributed by atoms with Gasteiger partial charge in [0.05, 0.1) is 0 Å². The van der Waals surface area contributed by atoms with Gasteiger partial charge in [0, 0.05) is 44.4 Å². The van der Waals surface area contributed by atoms with Gasteiger partial charge in [0.15, 0.2) is 0 Å². The number of rotatable bonds is 7. The number of nitrogens with one attached hydrogen (secondary N) is 1. The van der Waals surface area contributed by atoms with Crippen LogP contribution in [0.15, 0.2) is 40.8 Å². The van der Waals surface area contributed by atoms with E-state index in [1.807, 2.05) is 6.07 Å². The number of furan rings is 1. The third-order valence-corrected chi connectivity index (χ3v) is 6.20. The van der Waals surface area contributed by atoms with Crippen molar-refractivity contribution >= 4 is 5.91 Å². The van der Waals surface area contributed by atoms with E-state index in [4.69, 9.17) is 4.42 Å². The van der Waals surface area contributed by atoms with Gasteiger partial charge in [-0.3, -0.25) is 9.69 Å². The highest BCUT2D eigenvalue weighted by atomic mass is 16.3. The molecule has 0 bridgehead atoms. The summed E-state index contributed by atoms with van der Waals surface area (Å²) in [7, 11) is 0. The molecule has 1 saturated carbocycles. The fourth-order valence-corrected chi connectivity index (χ4v) is 4.29. The number of amides is 1. The number of carbonyl (C=O) groups is 1. The first-order valence-electron chi connectivity index (χ1n) is 10.7. The van der Waals surface area contributed by atoms with Gasteiger partial charge in [-0.25, -0.2) is 0 Å². The van der Waals surface area contributed by atoms with Gasteiger partial charge in [-0.1, -0.05) is 36.8 Å². The monoisotopic (exact) mass is 380 g/mol. The number of aryl methyl sites for hydroxylation is 2. The molecule has 1 aromatic carbocycles. The normalized spacial score (nSPS) is 22.9. The molecule has 4 heteroatoms. The second-order valence-corrected chi connectivity index (χ2v) is 8.73. The standard InChI is InChI=1S/C24H32N2O2/c1-17-4-3-5-19(14-17)16-26-12-10-20(11-13-26)25-24(27)9-7-21-6-8-23(28-21)22-15-18(22)2/h3-6,8,14,18,20,22H,7,9-13,15-16H2,1-2H3,(H,25,27). The Bertz CT molecular complexity index is 804. The molecule has 2 aromatic rings. The molecule has 2 atom stereocenters. The molecule has 150 valence electrons. The predicted octanol–water partition coefficient (Wildman–Crippen LogP) is 4.42. The van der Waals surface area contributed by atoms with Gasteiger partial charge in [0.1, 0.15) is 11.5 Å². The zero-order chi connectivity index (χ0) is 19.5. The molecule has 1 amide bonds. The highest BCUT2D eigenvalue weighted by Crippen LogP contribution is 2.47. The van der Waals surface area contributed by atoms with Crippen LogP contribution in [0.1, 0.15) is 61.2 Å². The molecule has 1 aliphatic carbocycles. The summed E-state index contributed by atoms with van der Waals surface area (Å²) in [6.45, 7) is 7.48. The van der Waals surface area contributed by atoms with Gasteiger partial charge in [0.2, 0.25) is 5.91 Å². The van der Waals surface area contributed by atoms with Crippen molar-refractivity contribution in [1.82, 2.24) is 10.2 Å². The van der Waals surface area contributed by atoms with Crippen LogP contribution >= 0.6 is 0 Å². The van der Waals surface area contributed by atoms with E-state index in [2.05, 4.69) is 54.4 Å². The highest BCUT2D eigenvalue weighted by molar-refractivity contribution is 5.76. The number of benzene rings is 1. The van der Waals surface area contributed by atoms with Crippen LogP contribution < -0.4 is 5.32 Å². The SMILES string of the molecule is Cc1cccc(CN2CCC(NC(=O)CCc3ccc(C4CC4C)o3)CC2)c1. The van der Waals surface area contributed by atoms with E-state index in [1.165, 1.54) is 17.5 Å². The predicted molar refractivity (Wildman–Crippen MR) is 111 cm³/mol. The van der Waals surface area contributed by atoms with Crippen LogP contribution in [0.3, 0.4) is 0 Å². The van der Waals surface area contributed by atoms with Crippen molar-refractivity contribution in [3.05, 3.63) is 59.0 Å². The van der Waals surface area contributed by atoms with E-state index in [-0.39, 0.29) is 5.91 Å². The Kier molecular flexibility index (Phi) is 5.86. The highest BCUT2D eigenvalue weighted by Gasteiger charge is 2.36. The summed E-state index contributed by atoms with van der Waals surface area (Å²) in [5.74, 6) is 3.54. The van der Waals surface area contributed by atoms with Crippen molar-refractivity contribution in [1.29, 1.82) is 0 Å². The molecule has 2 unspecified atom stereocenters. The molecular weight excluding hydrogens is 348 g/mol. The van der Waals surface area contributed by atoms with Crippen molar-refractivity contribution in [2.24, 2.45) is 5.92 Å². The maximum Gasteiger partial charge on any atom is 0.220 e. The van der Waals surface area contributed by atoms with Gasteiger partial charge in [0.25, 0.3) is 0 Å². The summed E-state index contributed by atoms with van der Waals surface area (Å²) >= 11 is 0. The van der Waals surface area contributed by atoms with Crippen molar-refractivity contribution < 1.29 is 9.21 Å². The van der Waals surface area contributed by atoms with Crippen LogP contribution in [-0.4, -0.2) is 29.9 Å². The minimum Gasteiger partial charge on any atom is -0.466 e. The van der Waals surface area contributed by atoms with E-state index < -0.39 is 0 Å². The first kappa shape index (κ1) is 19.3. The topological polar surface area (TPSA) is 45.5 Å². The molecule has 4 rings (SSSR count). The first-order chi connectivity index (χ1) is 13.6. The zero-order valence-corrected chi connectivity index (χ0v) is 17.1. The first-order valence-corrected chi connectivity index (χ1v) is 10.7. The fraction of sp³-hybridized carbons (Fsp3) is 0.542. The summed E-state index contributed by atoms with van der Waals surface area (Å²) in [6.07, 6.45) is 4.50. The van der Waals surface area contributed by atoms with E-state index >= 15 is 0 Å². The molecule has 0 spiro atoms. The molecule has 4 nitrogen and oxygen atoms in total. The summed E-state index contributed by atoms with van der Waals surface area (Å²) in [5, 5.41) is 3.22. The zero-order valence-electron chi connectivity index (χ0n) is 17.1. The third-order valence-electron chi connectivity index (χ3n) is 6.20. The molecule has 28 heavy (non-hydrogen) atoms. The van der Waals surface area contributed by atoms with Crippen molar-refractivity contribution in [3.8, 4) is 0 Å². The number of nitrogens with zero attached hydrogens (tertiary/aromatic N) is 1. The van der Waals surface area contributed by atoms with Crippen LogP contribution in [0, 0.1) is 12.8 Å². The molecule has 2 heterocycles. The van der Waals surface area contributed by atoms with Crippen LogP contribution in [0.4, 0.5) is 0 Å². The van der Waals surface area contributed by atoms with Crippen molar-refractivity contribution in [2.45, 2.75) is 64.5 Å². The third kappa shape index (κ3) is 5.05. The minimum absolute atomic E-state index is 0.148. The second-order valence-electron chi connectivity index (χ2n) is 8.73. The lowest BCUT2D eigenvalue weighted by molar-refractivity contribution is -0.122. The Morgan fingerprint density at radius 2 is 2.00 bits per heavy atom. The molecule has 1 N–H and O–H groups in total. The maximum atomic E-state index is 12.3. The number of likely N-dealkylation sites (tertiary alicyclic amines) is 1. The Hall–Kier alpha value is -2.07. The van der Waals surface area contributed by atoms with Crippen LogP contribution in [-0.2, 0) is 17.8 Å². The van der Waals surface area contributed by atoms with Gasteiger partial charge < -0.3 is 9.73 Å². The molecule has 2 aliphatic rings. The van der Waals surface area contributed by atoms with Crippen molar-refractivity contribution in [2.75, 3.05) is 13.1 Å². The fourth-order valence-electron chi connectivity index (χ4n) is 4.29. The molecule has 2 fully saturated rings. The number of carbonyl (C=O) groups excluding carboxylic acids is 1. The average Bonchev–Trinajstić information content (AvgIpc) is 3.22. The minimum atomic E-state index is 0.148. The van der Waals surface area contributed by atoms with Crippen molar-refractivity contribution in [3.63, 3.8) is 0 Å². The molecule has 1 saturated heterocycles. The Balaban J connectivity index is 1.16. The van der Waals surface area contributed by atoms with Gasteiger partial charge >= 0.3 is 0 Å². The van der Waals surface area contributed by atoms with Gasteiger partial charge in [-0.05, 0) is 49.8 Å². The smallest absolute Gasteiger partial charge is 0.220 e. The van der Waals surface area contributed by atoms with Crippen LogP contribution in [0.2, 0.25) is 0 Å². The number of hydrogen-bond donors (Lipinski definition) is 1. The van der Waals surface area contributed by atoms with Crippen LogP contribution in [0.25, 0.3) is 0 Å². The lowest BCUT2D eigenvalue weighted by atomic mass is 10.0. The second kappa shape index (κ2) is 8.52. The van der Waals surface area contributed by atoms with E-state index in [0.717, 1.165) is 49.9 Å². The van der Waals surface area contributed by atoms with E-state index in [1.54, 1.807) is 0 Å². The maximum absolute atomic E-state index is 12.3. The number of hydrogen-bond acceptors (Lipinski definition) is 3. The average molecular weight is 381 g/mol. The Morgan fingerprint density at radius 3 is 2.71 bits per heavy atom. The molecule has 1 aromatic heterocycles. The van der Waals surface area contributed by atoms with Gasteiger partial charge in [-0.15, -0.1) is 0 Å². The lowest BCUT2D eigenvalue weighted by Gasteiger charge is -2.32. The quantitative estimate of drug-likeness (QED) is 0.773. The lowest BCUT2D eigenvalue weighted by Crippen LogP contribution is -2.44. The van der Waals surface area contributed by atoms with Crippen LogP contribution in [0.5, 0.6) is 0 Å².